The molecule has 1 aromatic carbocycles. The quantitative estimate of drug-likeness (QED) is 0.864. The van der Waals surface area contributed by atoms with Gasteiger partial charge in [0.05, 0.1) is 0 Å². The summed E-state index contributed by atoms with van der Waals surface area (Å²) in [4.78, 5) is 14.8. The molecule has 0 atom stereocenters. The Balaban J connectivity index is 1.49. The summed E-state index contributed by atoms with van der Waals surface area (Å²) in [6.45, 7) is 2.90. The first kappa shape index (κ1) is 14.5. The van der Waals surface area contributed by atoms with E-state index in [1.807, 2.05) is 24.3 Å². The van der Waals surface area contributed by atoms with E-state index in [1.165, 1.54) is 18.4 Å². The first-order valence-electron chi connectivity index (χ1n) is 8.10. The zero-order chi connectivity index (χ0) is 14.7. The number of likely N-dealkylation sites (tertiary alicyclic amines) is 1. The van der Waals surface area contributed by atoms with Crippen LogP contribution in [0.3, 0.4) is 0 Å². The number of hydrogen-bond acceptors (Lipinski definition) is 3. The van der Waals surface area contributed by atoms with Crippen LogP contribution in [-0.2, 0) is 6.42 Å². The molecule has 4 nitrogen and oxygen atoms in total. The van der Waals surface area contributed by atoms with Crippen LogP contribution in [0.5, 0.6) is 0 Å². The summed E-state index contributed by atoms with van der Waals surface area (Å²) in [5.41, 5.74) is 7.47. The number of piperidine rings is 1. The van der Waals surface area contributed by atoms with Crippen LogP contribution in [0.15, 0.2) is 24.3 Å². The molecule has 1 aliphatic carbocycles. The summed E-state index contributed by atoms with van der Waals surface area (Å²) < 4.78 is 0. The molecule has 0 radical (unpaired) electrons. The average Bonchev–Trinajstić information content (AvgIpc) is 3.34. The van der Waals surface area contributed by atoms with Gasteiger partial charge in [-0.1, -0.05) is 12.1 Å². The van der Waals surface area contributed by atoms with Gasteiger partial charge < -0.3 is 16.0 Å². The number of nitrogens with two attached hydrogens (primary N) is 1. The van der Waals surface area contributed by atoms with Gasteiger partial charge in [-0.25, -0.2) is 0 Å². The van der Waals surface area contributed by atoms with E-state index in [0.29, 0.717) is 12.6 Å². The molecule has 3 rings (SSSR count). The van der Waals surface area contributed by atoms with Crippen LogP contribution in [-0.4, -0.2) is 42.5 Å². The first-order chi connectivity index (χ1) is 10.3. The predicted octanol–water partition coefficient (Wildman–Crippen LogP) is 1.54. The van der Waals surface area contributed by atoms with Crippen molar-refractivity contribution in [1.82, 2.24) is 10.2 Å². The highest BCUT2D eigenvalue weighted by Crippen LogP contribution is 2.29. The molecule has 1 aliphatic heterocycles. The van der Waals surface area contributed by atoms with Gasteiger partial charge in [-0.15, -0.1) is 0 Å². The maximum Gasteiger partial charge on any atom is 0.251 e. The Morgan fingerprint density at radius 2 is 1.81 bits per heavy atom. The molecule has 1 heterocycles. The van der Waals surface area contributed by atoms with Crippen molar-refractivity contribution in [3.05, 3.63) is 35.4 Å². The van der Waals surface area contributed by atoms with Crippen LogP contribution in [0.25, 0.3) is 0 Å². The topological polar surface area (TPSA) is 58.4 Å². The molecule has 0 spiro atoms. The van der Waals surface area contributed by atoms with Crippen molar-refractivity contribution in [2.75, 3.05) is 19.6 Å². The molecule has 1 saturated heterocycles. The molecule has 21 heavy (non-hydrogen) atoms. The normalized spacial score (nSPS) is 20.4. The molecule has 1 amide bonds. The van der Waals surface area contributed by atoms with Crippen molar-refractivity contribution < 1.29 is 4.79 Å². The van der Waals surface area contributed by atoms with Crippen molar-refractivity contribution in [3.8, 4) is 0 Å². The lowest BCUT2D eigenvalue weighted by atomic mass is 10.0. The number of benzene rings is 1. The Labute approximate surface area is 126 Å². The van der Waals surface area contributed by atoms with Crippen LogP contribution in [0, 0.1) is 0 Å². The molecular formula is C17H25N3O. The third kappa shape index (κ3) is 3.83. The highest BCUT2D eigenvalue weighted by molar-refractivity contribution is 5.94. The van der Waals surface area contributed by atoms with Crippen molar-refractivity contribution >= 4 is 5.91 Å². The second kappa shape index (κ2) is 6.58. The Morgan fingerprint density at radius 3 is 2.38 bits per heavy atom. The van der Waals surface area contributed by atoms with Gasteiger partial charge in [0.2, 0.25) is 0 Å². The van der Waals surface area contributed by atoms with E-state index >= 15 is 0 Å². The first-order valence-corrected chi connectivity index (χ1v) is 8.10. The second-order valence-electron chi connectivity index (χ2n) is 6.25. The minimum absolute atomic E-state index is 0.0548. The molecule has 3 N–H and O–H groups in total. The summed E-state index contributed by atoms with van der Waals surface area (Å²) >= 11 is 0. The molecular weight excluding hydrogens is 262 g/mol. The van der Waals surface area contributed by atoms with Crippen molar-refractivity contribution in [1.29, 1.82) is 0 Å². The Bertz CT molecular complexity index is 473. The Kier molecular flexibility index (Phi) is 4.56. The molecule has 0 aromatic heterocycles. The summed E-state index contributed by atoms with van der Waals surface area (Å²) in [6, 6.07) is 8.97. The van der Waals surface area contributed by atoms with Gasteiger partial charge in [0.1, 0.15) is 0 Å². The third-order valence-electron chi connectivity index (χ3n) is 4.58. The lowest BCUT2D eigenvalue weighted by molar-refractivity contribution is 0.0909. The van der Waals surface area contributed by atoms with E-state index < -0.39 is 0 Å². The Hall–Kier alpha value is -1.39. The highest BCUT2D eigenvalue weighted by Gasteiger charge is 2.32. The Morgan fingerprint density at radius 1 is 1.14 bits per heavy atom. The minimum atomic E-state index is 0.0548. The van der Waals surface area contributed by atoms with E-state index in [-0.39, 0.29) is 5.91 Å². The number of rotatable bonds is 5. The van der Waals surface area contributed by atoms with Crippen molar-refractivity contribution in [2.24, 2.45) is 5.73 Å². The molecule has 1 saturated carbocycles. The maximum absolute atomic E-state index is 12.3. The summed E-state index contributed by atoms with van der Waals surface area (Å²) in [5.74, 6) is 0.0548. The molecule has 1 aromatic rings. The van der Waals surface area contributed by atoms with Crippen molar-refractivity contribution in [2.45, 2.75) is 44.2 Å². The molecule has 2 fully saturated rings. The van der Waals surface area contributed by atoms with Crippen molar-refractivity contribution in [3.63, 3.8) is 0 Å². The van der Waals surface area contributed by atoms with E-state index in [0.717, 1.165) is 44.0 Å². The van der Waals surface area contributed by atoms with Gasteiger partial charge in [-0.2, -0.15) is 0 Å². The molecule has 114 valence electrons. The number of nitrogens with one attached hydrogen (secondary N) is 1. The lowest BCUT2D eigenvalue weighted by Crippen LogP contribution is -2.45. The molecule has 4 heteroatoms. The minimum Gasteiger partial charge on any atom is -0.349 e. The summed E-state index contributed by atoms with van der Waals surface area (Å²) in [7, 11) is 0. The third-order valence-corrected chi connectivity index (χ3v) is 4.58. The zero-order valence-corrected chi connectivity index (χ0v) is 12.6. The van der Waals surface area contributed by atoms with Crippen LogP contribution in [0.2, 0.25) is 0 Å². The highest BCUT2D eigenvalue weighted by atomic mass is 16.1. The van der Waals surface area contributed by atoms with Crippen LogP contribution >= 0.6 is 0 Å². The maximum atomic E-state index is 12.3. The zero-order valence-electron chi connectivity index (χ0n) is 12.6. The fourth-order valence-electron chi connectivity index (χ4n) is 3.11. The number of carbonyl (C=O) groups excluding carboxylic acids is 1. The van der Waals surface area contributed by atoms with Gasteiger partial charge in [0, 0.05) is 30.7 Å². The van der Waals surface area contributed by atoms with E-state index in [4.69, 9.17) is 5.73 Å². The fraction of sp³-hybridized carbons (Fsp3) is 0.588. The number of hydrogen-bond donors (Lipinski definition) is 2. The molecule has 0 unspecified atom stereocenters. The summed E-state index contributed by atoms with van der Waals surface area (Å²) in [5, 5.41) is 3.18. The number of nitrogens with zero attached hydrogens (tertiary/aromatic N) is 1. The SMILES string of the molecule is NCCc1ccc(C(=O)NC2CCN(C3CC3)CC2)cc1. The van der Waals surface area contributed by atoms with Gasteiger partial charge in [-0.3, -0.25) is 4.79 Å². The summed E-state index contributed by atoms with van der Waals surface area (Å²) in [6.07, 6.45) is 5.75. The monoisotopic (exact) mass is 287 g/mol. The number of amides is 1. The second-order valence-corrected chi connectivity index (χ2v) is 6.25. The number of carbonyl (C=O) groups is 1. The lowest BCUT2D eigenvalue weighted by Gasteiger charge is -2.32. The smallest absolute Gasteiger partial charge is 0.251 e. The average molecular weight is 287 g/mol. The van der Waals surface area contributed by atoms with Gasteiger partial charge in [0.15, 0.2) is 0 Å². The van der Waals surface area contributed by atoms with E-state index in [1.54, 1.807) is 0 Å². The fourth-order valence-corrected chi connectivity index (χ4v) is 3.11. The predicted molar refractivity (Wildman–Crippen MR) is 84.3 cm³/mol. The molecule has 2 aliphatic rings. The van der Waals surface area contributed by atoms with Crippen LogP contribution < -0.4 is 11.1 Å². The molecule has 0 bridgehead atoms. The van der Waals surface area contributed by atoms with Gasteiger partial charge >= 0.3 is 0 Å². The van der Waals surface area contributed by atoms with E-state index in [2.05, 4.69) is 10.2 Å². The van der Waals surface area contributed by atoms with Gasteiger partial charge in [0.25, 0.3) is 5.91 Å². The standard InChI is InChI=1S/C17H25N3O/c18-10-7-13-1-3-14(4-2-13)17(21)19-15-8-11-20(12-9-15)16-5-6-16/h1-4,15-16H,5-12,18H2,(H,19,21). The van der Waals surface area contributed by atoms with Gasteiger partial charge in [-0.05, 0) is 56.3 Å². The van der Waals surface area contributed by atoms with Crippen LogP contribution in [0.1, 0.15) is 41.6 Å². The largest absolute Gasteiger partial charge is 0.349 e. The van der Waals surface area contributed by atoms with E-state index in [9.17, 15) is 4.79 Å². The van der Waals surface area contributed by atoms with Crippen LogP contribution in [0.4, 0.5) is 0 Å².